The van der Waals surface area contributed by atoms with Gasteiger partial charge in [-0.25, -0.2) is 0 Å². The Morgan fingerprint density at radius 3 is 2.66 bits per heavy atom. The molecule has 29 heavy (non-hydrogen) atoms. The molecule has 7 heteroatoms. The van der Waals surface area contributed by atoms with Crippen molar-refractivity contribution in [3.8, 4) is 0 Å². The molecule has 1 aromatic carbocycles. The number of benzene rings is 1. The van der Waals surface area contributed by atoms with Crippen LogP contribution in [0.2, 0.25) is 0 Å². The van der Waals surface area contributed by atoms with Crippen molar-refractivity contribution in [1.82, 2.24) is 20.0 Å². The minimum atomic E-state index is -0.223. The lowest BCUT2D eigenvalue weighted by Gasteiger charge is -2.34. The van der Waals surface area contributed by atoms with Crippen molar-refractivity contribution >= 4 is 11.8 Å². The first kappa shape index (κ1) is 19.6. The zero-order valence-corrected chi connectivity index (χ0v) is 16.6. The summed E-state index contributed by atoms with van der Waals surface area (Å²) in [6.07, 6.45) is 8.45. The number of nitrogens with one attached hydrogen (secondary N) is 1. The number of aromatic nitrogens is 2. The molecule has 1 aromatic heterocycles. The van der Waals surface area contributed by atoms with Crippen LogP contribution >= 0.6 is 0 Å². The van der Waals surface area contributed by atoms with E-state index in [-0.39, 0.29) is 30.5 Å². The SMILES string of the molecule is O=C(c1cn[nH]c1)N1CC(=O)N(C2CCCCC2)CC(OCc2ccccc2)C1. The standard InChI is InChI=1S/C22H28N4O3/c27-21-15-25(22(28)18-11-23-24-12-18)13-20(29-16-17-7-3-1-4-8-17)14-26(21)19-9-5-2-6-10-19/h1,3-4,7-8,11-12,19-20H,2,5-6,9-10,13-16H2,(H,23,24). The highest BCUT2D eigenvalue weighted by molar-refractivity contribution is 5.96. The van der Waals surface area contributed by atoms with Crippen LogP contribution in [0.15, 0.2) is 42.7 Å². The first-order valence-corrected chi connectivity index (χ1v) is 10.4. The van der Waals surface area contributed by atoms with Crippen molar-refractivity contribution in [3.63, 3.8) is 0 Å². The summed E-state index contributed by atoms with van der Waals surface area (Å²) in [5, 5.41) is 6.54. The molecule has 1 saturated carbocycles. The highest BCUT2D eigenvalue weighted by Crippen LogP contribution is 2.25. The van der Waals surface area contributed by atoms with Gasteiger partial charge in [-0.3, -0.25) is 14.7 Å². The molecule has 1 saturated heterocycles. The van der Waals surface area contributed by atoms with Gasteiger partial charge in [-0.05, 0) is 18.4 Å². The van der Waals surface area contributed by atoms with E-state index in [1.54, 1.807) is 11.1 Å². The van der Waals surface area contributed by atoms with E-state index < -0.39 is 0 Å². The molecule has 0 spiro atoms. The van der Waals surface area contributed by atoms with E-state index in [2.05, 4.69) is 10.2 Å². The normalized spacial score (nSPS) is 21.2. The van der Waals surface area contributed by atoms with Crippen LogP contribution in [-0.2, 0) is 16.1 Å². The molecular weight excluding hydrogens is 368 g/mol. The predicted molar refractivity (Wildman–Crippen MR) is 108 cm³/mol. The number of hydrogen-bond acceptors (Lipinski definition) is 4. The molecule has 2 amide bonds. The molecule has 2 fully saturated rings. The Hall–Kier alpha value is -2.67. The lowest BCUT2D eigenvalue weighted by molar-refractivity contribution is -0.134. The quantitative estimate of drug-likeness (QED) is 0.843. The minimum Gasteiger partial charge on any atom is -0.370 e. The number of rotatable bonds is 5. The molecule has 154 valence electrons. The van der Waals surface area contributed by atoms with E-state index in [9.17, 15) is 9.59 Å². The first-order valence-electron chi connectivity index (χ1n) is 10.4. The molecular formula is C22H28N4O3. The Labute approximate surface area is 171 Å². The Kier molecular flexibility index (Phi) is 6.24. The van der Waals surface area contributed by atoms with E-state index in [0.717, 1.165) is 31.2 Å². The van der Waals surface area contributed by atoms with Crippen molar-refractivity contribution in [3.05, 3.63) is 53.9 Å². The Morgan fingerprint density at radius 2 is 1.93 bits per heavy atom. The second-order valence-corrected chi connectivity index (χ2v) is 7.93. The maximum atomic E-state index is 13.1. The van der Waals surface area contributed by atoms with Crippen LogP contribution in [0.1, 0.15) is 48.0 Å². The number of amides is 2. The van der Waals surface area contributed by atoms with Crippen LogP contribution in [0.25, 0.3) is 0 Å². The molecule has 2 heterocycles. The number of nitrogens with zero attached hydrogens (tertiary/aromatic N) is 3. The van der Waals surface area contributed by atoms with Gasteiger partial charge < -0.3 is 14.5 Å². The number of aromatic amines is 1. The maximum absolute atomic E-state index is 13.1. The molecule has 1 N–H and O–H groups in total. The minimum absolute atomic E-state index is 0.0135. The van der Waals surface area contributed by atoms with Crippen molar-refractivity contribution in [1.29, 1.82) is 0 Å². The fraction of sp³-hybridized carbons (Fsp3) is 0.500. The summed E-state index contributed by atoms with van der Waals surface area (Å²) >= 11 is 0. The summed E-state index contributed by atoms with van der Waals surface area (Å²) in [6.45, 7) is 1.48. The van der Waals surface area contributed by atoms with Crippen LogP contribution in [0.3, 0.4) is 0 Å². The third kappa shape index (κ3) is 4.85. The van der Waals surface area contributed by atoms with Gasteiger partial charge in [0.15, 0.2) is 0 Å². The number of carbonyl (C=O) groups is 2. The highest BCUT2D eigenvalue weighted by Gasteiger charge is 2.35. The lowest BCUT2D eigenvalue weighted by Crippen LogP contribution is -2.46. The Morgan fingerprint density at radius 1 is 1.14 bits per heavy atom. The van der Waals surface area contributed by atoms with Crippen LogP contribution in [0.5, 0.6) is 0 Å². The summed E-state index contributed by atoms with van der Waals surface area (Å²) in [4.78, 5) is 29.5. The van der Waals surface area contributed by atoms with Gasteiger partial charge in [0, 0.05) is 25.3 Å². The molecule has 1 aliphatic heterocycles. The van der Waals surface area contributed by atoms with E-state index >= 15 is 0 Å². The van der Waals surface area contributed by atoms with Gasteiger partial charge in [0.1, 0.15) is 6.54 Å². The topological polar surface area (TPSA) is 78.5 Å². The van der Waals surface area contributed by atoms with Crippen molar-refractivity contribution < 1.29 is 14.3 Å². The third-order valence-electron chi connectivity index (χ3n) is 5.85. The predicted octanol–water partition coefficient (Wildman–Crippen LogP) is 2.61. The molecule has 2 aromatic rings. The van der Waals surface area contributed by atoms with E-state index in [0.29, 0.717) is 25.3 Å². The van der Waals surface area contributed by atoms with Crippen LogP contribution < -0.4 is 0 Å². The molecule has 1 unspecified atom stereocenters. The largest absolute Gasteiger partial charge is 0.370 e. The van der Waals surface area contributed by atoms with Crippen molar-refractivity contribution in [2.45, 2.75) is 50.9 Å². The van der Waals surface area contributed by atoms with E-state index in [4.69, 9.17) is 4.74 Å². The van der Waals surface area contributed by atoms with Gasteiger partial charge in [0.05, 0.1) is 24.5 Å². The average Bonchev–Trinajstić information content (AvgIpc) is 3.24. The van der Waals surface area contributed by atoms with Gasteiger partial charge >= 0.3 is 0 Å². The zero-order chi connectivity index (χ0) is 20.1. The van der Waals surface area contributed by atoms with Crippen LogP contribution in [0.4, 0.5) is 0 Å². The Bertz CT molecular complexity index is 803. The summed E-state index contributed by atoms with van der Waals surface area (Å²) in [7, 11) is 0. The second kappa shape index (κ2) is 9.22. The van der Waals surface area contributed by atoms with E-state index in [1.807, 2.05) is 35.2 Å². The lowest BCUT2D eigenvalue weighted by atomic mass is 9.94. The second-order valence-electron chi connectivity index (χ2n) is 7.93. The van der Waals surface area contributed by atoms with Crippen LogP contribution in [0, 0.1) is 0 Å². The van der Waals surface area contributed by atoms with Gasteiger partial charge in [0.25, 0.3) is 5.91 Å². The summed E-state index contributed by atoms with van der Waals surface area (Å²) in [6, 6.07) is 10.2. The molecule has 2 aliphatic rings. The molecule has 0 radical (unpaired) electrons. The summed E-state index contributed by atoms with van der Waals surface area (Å²) < 4.78 is 6.20. The number of H-pyrrole nitrogens is 1. The zero-order valence-electron chi connectivity index (χ0n) is 16.6. The molecule has 7 nitrogen and oxygen atoms in total. The monoisotopic (exact) mass is 396 g/mol. The number of carbonyl (C=O) groups excluding carboxylic acids is 2. The average molecular weight is 396 g/mol. The number of ether oxygens (including phenoxy) is 1. The van der Waals surface area contributed by atoms with Gasteiger partial charge in [-0.15, -0.1) is 0 Å². The number of hydrogen-bond donors (Lipinski definition) is 1. The van der Waals surface area contributed by atoms with Crippen molar-refractivity contribution in [2.24, 2.45) is 0 Å². The van der Waals surface area contributed by atoms with Gasteiger partial charge in [0.2, 0.25) is 5.91 Å². The highest BCUT2D eigenvalue weighted by atomic mass is 16.5. The van der Waals surface area contributed by atoms with Crippen molar-refractivity contribution in [2.75, 3.05) is 19.6 Å². The molecule has 0 bridgehead atoms. The molecule has 4 rings (SSSR count). The fourth-order valence-electron chi connectivity index (χ4n) is 4.29. The molecule has 1 atom stereocenters. The first-order chi connectivity index (χ1) is 14.2. The van der Waals surface area contributed by atoms with Gasteiger partial charge in [-0.2, -0.15) is 5.10 Å². The maximum Gasteiger partial charge on any atom is 0.257 e. The third-order valence-corrected chi connectivity index (χ3v) is 5.85. The van der Waals surface area contributed by atoms with E-state index in [1.165, 1.54) is 12.6 Å². The fourth-order valence-corrected chi connectivity index (χ4v) is 4.29. The summed E-state index contributed by atoms with van der Waals surface area (Å²) in [5.74, 6) is -0.175. The van der Waals surface area contributed by atoms with Gasteiger partial charge in [-0.1, -0.05) is 49.6 Å². The summed E-state index contributed by atoms with van der Waals surface area (Å²) in [5.41, 5.74) is 1.55. The smallest absolute Gasteiger partial charge is 0.257 e. The van der Waals surface area contributed by atoms with Crippen LogP contribution in [-0.4, -0.2) is 63.6 Å². The molecule has 1 aliphatic carbocycles. The Balaban J connectivity index is 1.51.